The maximum Gasteiger partial charge on any atom is 0.315 e. The van der Waals surface area contributed by atoms with Crippen LogP contribution in [-0.2, 0) is 6.54 Å². The molecule has 0 bridgehead atoms. The van der Waals surface area contributed by atoms with Crippen LogP contribution in [0.2, 0.25) is 0 Å². The van der Waals surface area contributed by atoms with Gasteiger partial charge in [0.15, 0.2) is 5.13 Å². The molecule has 0 atom stereocenters. The molecular formula is C9H16N4OS. The summed E-state index contributed by atoms with van der Waals surface area (Å²) in [6.07, 6.45) is 0. The first-order valence-electron chi connectivity index (χ1n) is 4.79. The highest BCUT2D eigenvalue weighted by Crippen LogP contribution is 2.10. The Balaban J connectivity index is 2.22. The highest BCUT2D eigenvalue weighted by atomic mass is 32.1. The van der Waals surface area contributed by atoms with E-state index in [1.54, 1.807) is 0 Å². The Morgan fingerprint density at radius 1 is 1.60 bits per heavy atom. The third-order valence-electron chi connectivity index (χ3n) is 1.67. The lowest BCUT2D eigenvalue weighted by molar-refractivity contribution is 0.239. The predicted molar refractivity (Wildman–Crippen MR) is 61.6 cm³/mol. The molecular weight excluding hydrogens is 212 g/mol. The molecule has 0 unspecified atom stereocenters. The minimum atomic E-state index is -0.171. The van der Waals surface area contributed by atoms with Crippen molar-refractivity contribution < 1.29 is 4.79 Å². The lowest BCUT2D eigenvalue weighted by Gasteiger charge is -2.08. The Morgan fingerprint density at radius 2 is 2.33 bits per heavy atom. The van der Waals surface area contributed by atoms with E-state index < -0.39 is 0 Å². The van der Waals surface area contributed by atoms with E-state index in [1.807, 2.05) is 19.2 Å². The molecule has 1 heterocycles. The Morgan fingerprint density at radius 3 is 2.87 bits per heavy atom. The number of nitrogens with two attached hydrogens (primary N) is 1. The average Bonchev–Trinajstić information content (AvgIpc) is 2.58. The molecule has 0 radical (unpaired) electrons. The highest BCUT2D eigenvalue weighted by Gasteiger charge is 2.03. The maximum atomic E-state index is 11.2. The van der Waals surface area contributed by atoms with Gasteiger partial charge >= 0.3 is 6.03 Å². The van der Waals surface area contributed by atoms with Gasteiger partial charge in [-0.05, 0) is 5.92 Å². The molecule has 0 spiro atoms. The lowest BCUT2D eigenvalue weighted by atomic mass is 10.2. The molecule has 15 heavy (non-hydrogen) atoms. The van der Waals surface area contributed by atoms with Gasteiger partial charge in [-0.25, -0.2) is 9.78 Å². The third-order valence-corrected chi connectivity index (χ3v) is 2.39. The van der Waals surface area contributed by atoms with Crippen molar-refractivity contribution >= 4 is 22.5 Å². The summed E-state index contributed by atoms with van der Waals surface area (Å²) in [6, 6.07) is -0.171. The largest absolute Gasteiger partial charge is 0.375 e. The summed E-state index contributed by atoms with van der Waals surface area (Å²) in [6.45, 7) is 5.17. The third kappa shape index (κ3) is 4.64. The first-order chi connectivity index (χ1) is 7.08. The number of rotatable bonds is 4. The van der Waals surface area contributed by atoms with Gasteiger partial charge in [0.25, 0.3) is 0 Å². The first kappa shape index (κ1) is 11.8. The molecule has 0 aliphatic carbocycles. The second-order valence-corrected chi connectivity index (χ2v) is 4.52. The van der Waals surface area contributed by atoms with Crippen LogP contribution in [-0.4, -0.2) is 17.6 Å². The molecule has 5 nitrogen and oxygen atoms in total. The number of carbonyl (C=O) groups is 1. The van der Waals surface area contributed by atoms with Crippen molar-refractivity contribution in [2.75, 3.05) is 12.3 Å². The number of urea groups is 1. The van der Waals surface area contributed by atoms with Crippen molar-refractivity contribution in [1.29, 1.82) is 0 Å². The summed E-state index contributed by atoms with van der Waals surface area (Å²) < 4.78 is 0. The first-order valence-corrected chi connectivity index (χ1v) is 5.67. The zero-order valence-electron chi connectivity index (χ0n) is 8.91. The van der Waals surface area contributed by atoms with Crippen molar-refractivity contribution in [2.45, 2.75) is 20.4 Å². The van der Waals surface area contributed by atoms with E-state index >= 15 is 0 Å². The van der Waals surface area contributed by atoms with Crippen LogP contribution in [0.1, 0.15) is 19.5 Å². The van der Waals surface area contributed by atoms with Crippen LogP contribution in [0, 0.1) is 5.92 Å². The number of amides is 2. The summed E-state index contributed by atoms with van der Waals surface area (Å²) in [7, 11) is 0. The summed E-state index contributed by atoms with van der Waals surface area (Å²) >= 11 is 1.37. The van der Waals surface area contributed by atoms with Crippen molar-refractivity contribution in [1.82, 2.24) is 15.6 Å². The fraction of sp³-hybridized carbons (Fsp3) is 0.556. The quantitative estimate of drug-likeness (QED) is 0.724. The molecule has 0 aliphatic heterocycles. The zero-order chi connectivity index (χ0) is 11.3. The van der Waals surface area contributed by atoms with Crippen LogP contribution in [0.5, 0.6) is 0 Å². The molecule has 0 fully saturated rings. The fourth-order valence-corrected chi connectivity index (χ4v) is 1.50. The van der Waals surface area contributed by atoms with E-state index in [2.05, 4.69) is 15.6 Å². The second-order valence-electron chi connectivity index (χ2n) is 3.63. The fourth-order valence-electron chi connectivity index (χ4n) is 0.934. The lowest BCUT2D eigenvalue weighted by Crippen LogP contribution is -2.37. The minimum absolute atomic E-state index is 0.171. The number of carbonyl (C=O) groups excluding carboxylic acids is 1. The van der Waals surface area contributed by atoms with Crippen LogP contribution in [0.4, 0.5) is 9.93 Å². The number of nitrogens with zero attached hydrogens (tertiary/aromatic N) is 1. The summed E-state index contributed by atoms with van der Waals surface area (Å²) in [5.41, 5.74) is 6.25. The van der Waals surface area contributed by atoms with Crippen LogP contribution in [0.25, 0.3) is 0 Å². The number of hydrogen-bond acceptors (Lipinski definition) is 4. The molecule has 84 valence electrons. The molecule has 0 aliphatic rings. The number of thiazole rings is 1. The Kier molecular flexibility index (Phi) is 4.36. The predicted octanol–water partition coefficient (Wildman–Crippen LogP) is 1.18. The number of nitrogens with one attached hydrogen (secondary N) is 2. The van der Waals surface area contributed by atoms with Crippen LogP contribution in [0.15, 0.2) is 5.38 Å². The summed E-state index contributed by atoms with van der Waals surface area (Å²) in [5, 5.41) is 7.81. The maximum absolute atomic E-state index is 11.2. The number of aromatic nitrogens is 1. The minimum Gasteiger partial charge on any atom is -0.375 e. The topological polar surface area (TPSA) is 80.0 Å². The monoisotopic (exact) mass is 228 g/mol. The number of hydrogen-bond donors (Lipinski definition) is 3. The Hall–Kier alpha value is -1.30. The number of nitrogen functional groups attached to an aromatic ring is 1. The van der Waals surface area contributed by atoms with Gasteiger partial charge in [-0.3, -0.25) is 0 Å². The van der Waals surface area contributed by atoms with Gasteiger partial charge in [-0.2, -0.15) is 0 Å². The van der Waals surface area contributed by atoms with Gasteiger partial charge < -0.3 is 16.4 Å². The standard InChI is InChI=1S/C9H16N4OS/c1-6(2)3-11-9(14)12-4-7-5-15-8(10)13-7/h5-6H,3-4H2,1-2H3,(H2,10,13)(H2,11,12,14). The molecule has 2 amide bonds. The van der Waals surface area contributed by atoms with Gasteiger partial charge in [0.05, 0.1) is 12.2 Å². The van der Waals surface area contributed by atoms with Crippen molar-refractivity contribution in [3.8, 4) is 0 Å². The molecule has 1 rings (SSSR count). The van der Waals surface area contributed by atoms with Gasteiger partial charge in [0.2, 0.25) is 0 Å². The second kappa shape index (κ2) is 5.55. The molecule has 1 aromatic rings. The normalized spacial score (nSPS) is 10.3. The average molecular weight is 228 g/mol. The van der Waals surface area contributed by atoms with E-state index in [0.717, 1.165) is 5.69 Å². The van der Waals surface area contributed by atoms with Crippen LogP contribution < -0.4 is 16.4 Å². The van der Waals surface area contributed by atoms with E-state index in [1.165, 1.54) is 11.3 Å². The molecule has 0 saturated carbocycles. The zero-order valence-corrected chi connectivity index (χ0v) is 9.73. The summed E-state index contributed by atoms with van der Waals surface area (Å²) in [4.78, 5) is 15.3. The van der Waals surface area contributed by atoms with E-state index in [4.69, 9.17) is 5.73 Å². The van der Waals surface area contributed by atoms with Crippen molar-refractivity contribution in [3.63, 3.8) is 0 Å². The Labute approximate surface area is 93.1 Å². The van der Waals surface area contributed by atoms with Gasteiger partial charge in [0, 0.05) is 11.9 Å². The van der Waals surface area contributed by atoms with E-state index in [9.17, 15) is 4.79 Å². The van der Waals surface area contributed by atoms with Gasteiger partial charge in [-0.1, -0.05) is 13.8 Å². The van der Waals surface area contributed by atoms with Crippen molar-refractivity contribution in [2.24, 2.45) is 5.92 Å². The molecule has 6 heteroatoms. The smallest absolute Gasteiger partial charge is 0.315 e. The van der Waals surface area contributed by atoms with E-state index in [0.29, 0.717) is 24.1 Å². The number of anilines is 1. The highest BCUT2D eigenvalue weighted by molar-refractivity contribution is 7.13. The molecule has 1 aromatic heterocycles. The summed E-state index contributed by atoms with van der Waals surface area (Å²) in [5.74, 6) is 0.450. The van der Waals surface area contributed by atoms with Crippen LogP contribution >= 0.6 is 11.3 Å². The molecule has 4 N–H and O–H groups in total. The van der Waals surface area contributed by atoms with Gasteiger partial charge in [-0.15, -0.1) is 11.3 Å². The molecule has 0 aromatic carbocycles. The van der Waals surface area contributed by atoms with Crippen LogP contribution in [0.3, 0.4) is 0 Å². The SMILES string of the molecule is CC(C)CNC(=O)NCc1csc(N)n1. The van der Waals surface area contributed by atoms with E-state index in [-0.39, 0.29) is 6.03 Å². The Bertz CT molecular complexity index is 324. The van der Waals surface area contributed by atoms with Crippen molar-refractivity contribution in [3.05, 3.63) is 11.1 Å². The van der Waals surface area contributed by atoms with Gasteiger partial charge in [0.1, 0.15) is 0 Å². The molecule has 0 saturated heterocycles.